The molecule has 3 heterocycles. The number of rotatable bonds is 4. The van der Waals surface area contributed by atoms with Gasteiger partial charge in [-0.05, 0) is 41.8 Å². The Bertz CT molecular complexity index is 1100. The van der Waals surface area contributed by atoms with Crippen LogP contribution in [0.5, 0.6) is 5.75 Å². The van der Waals surface area contributed by atoms with Crippen molar-refractivity contribution in [3.05, 3.63) is 59.4 Å². The Morgan fingerprint density at radius 2 is 1.84 bits per heavy atom. The van der Waals surface area contributed by atoms with Gasteiger partial charge in [0.25, 0.3) is 5.91 Å². The van der Waals surface area contributed by atoms with Crippen LogP contribution in [0.4, 0.5) is 0 Å². The van der Waals surface area contributed by atoms with Gasteiger partial charge >= 0.3 is 0 Å². The van der Waals surface area contributed by atoms with E-state index < -0.39 is 0 Å². The van der Waals surface area contributed by atoms with Crippen molar-refractivity contribution in [3.8, 4) is 16.9 Å². The third-order valence-corrected chi connectivity index (χ3v) is 6.33. The van der Waals surface area contributed by atoms with Crippen molar-refractivity contribution in [2.24, 2.45) is 0 Å². The molecule has 1 unspecified atom stereocenters. The SMILES string of the molecule is C=C1CCC(C(=O)N2CCC(Oc3ccc(-c4cnc5c(c4)=CCCC=5)cc3)CC2)O1. The second-order valence-electron chi connectivity index (χ2n) is 8.53. The van der Waals surface area contributed by atoms with Gasteiger partial charge in [0.05, 0.1) is 11.1 Å². The predicted octanol–water partition coefficient (Wildman–Crippen LogP) is 3.17. The summed E-state index contributed by atoms with van der Waals surface area (Å²) in [6.45, 7) is 5.24. The summed E-state index contributed by atoms with van der Waals surface area (Å²) in [4.78, 5) is 19.1. The summed E-state index contributed by atoms with van der Waals surface area (Å²) in [6, 6.07) is 10.5. The summed E-state index contributed by atoms with van der Waals surface area (Å²) >= 11 is 0. The van der Waals surface area contributed by atoms with Crippen LogP contribution in [0.1, 0.15) is 38.5 Å². The van der Waals surface area contributed by atoms with E-state index in [1.165, 1.54) is 5.22 Å². The summed E-state index contributed by atoms with van der Waals surface area (Å²) < 4.78 is 11.7. The van der Waals surface area contributed by atoms with E-state index in [1.807, 2.05) is 23.2 Å². The van der Waals surface area contributed by atoms with Crippen molar-refractivity contribution < 1.29 is 14.3 Å². The van der Waals surface area contributed by atoms with Gasteiger partial charge in [0, 0.05) is 50.5 Å². The number of likely N-dealkylation sites (tertiary alicyclic amines) is 1. The van der Waals surface area contributed by atoms with Crippen LogP contribution in [0.3, 0.4) is 0 Å². The molecule has 1 atom stereocenters. The molecule has 1 aromatic heterocycles. The molecule has 160 valence electrons. The maximum absolute atomic E-state index is 12.6. The first-order chi connectivity index (χ1) is 15.2. The maximum Gasteiger partial charge on any atom is 0.263 e. The highest BCUT2D eigenvalue weighted by atomic mass is 16.5. The van der Waals surface area contributed by atoms with Crippen LogP contribution in [0, 0.1) is 0 Å². The standard InChI is InChI=1S/C26H28N2O3/c1-18-6-11-25(30-18)26(29)28-14-12-23(13-15-28)31-22-9-7-19(8-10-22)21-16-20-4-2-3-5-24(20)27-17-21/h4-5,7-10,16-17,23,25H,1-3,6,11-15H2. The summed E-state index contributed by atoms with van der Waals surface area (Å²) in [5.41, 5.74) is 2.26. The number of carbonyl (C=O) groups is 1. The predicted molar refractivity (Wildman–Crippen MR) is 121 cm³/mol. The van der Waals surface area contributed by atoms with Crippen LogP contribution in [0.25, 0.3) is 23.3 Å². The lowest BCUT2D eigenvalue weighted by atomic mass is 10.0. The molecule has 5 heteroatoms. The number of amides is 1. The highest BCUT2D eigenvalue weighted by Gasteiger charge is 2.33. The lowest BCUT2D eigenvalue weighted by Crippen LogP contribution is -2.45. The number of piperidine rings is 1. The first-order valence-corrected chi connectivity index (χ1v) is 11.2. The lowest BCUT2D eigenvalue weighted by molar-refractivity contribution is -0.141. The Balaban J connectivity index is 1.18. The molecular formula is C26H28N2O3. The van der Waals surface area contributed by atoms with Crippen molar-refractivity contribution >= 4 is 18.1 Å². The Morgan fingerprint density at radius 1 is 1.06 bits per heavy atom. The number of hydrogen-bond acceptors (Lipinski definition) is 4. The minimum absolute atomic E-state index is 0.0926. The number of pyridine rings is 1. The van der Waals surface area contributed by atoms with Gasteiger partial charge in [-0.2, -0.15) is 0 Å². The fraction of sp³-hybridized carbons (Fsp3) is 0.385. The van der Waals surface area contributed by atoms with E-state index in [0.29, 0.717) is 13.1 Å². The number of fused-ring (bicyclic) bond motifs is 1. The topological polar surface area (TPSA) is 51.7 Å². The Labute approximate surface area is 182 Å². The fourth-order valence-electron chi connectivity index (χ4n) is 4.54. The molecule has 1 amide bonds. The van der Waals surface area contributed by atoms with Crippen LogP contribution in [0.15, 0.2) is 48.9 Å². The lowest BCUT2D eigenvalue weighted by Gasteiger charge is -2.33. The van der Waals surface area contributed by atoms with Crippen molar-refractivity contribution in [1.82, 2.24) is 9.88 Å². The molecule has 2 saturated heterocycles. The number of aromatic nitrogens is 1. The first-order valence-electron chi connectivity index (χ1n) is 11.2. The van der Waals surface area contributed by atoms with Gasteiger partial charge in [0.15, 0.2) is 6.10 Å². The molecule has 2 aromatic rings. The van der Waals surface area contributed by atoms with E-state index in [9.17, 15) is 4.79 Å². The van der Waals surface area contributed by atoms with Crippen LogP contribution in [-0.2, 0) is 9.53 Å². The van der Waals surface area contributed by atoms with Gasteiger partial charge in [-0.25, -0.2) is 0 Å². The van der Waals surface area contributed by atoms with Gasteiger partial charge in [-0.15, -0.1) is 0 Å². The third kappa shape index (κ3) is 4.36. The summed E-state index contributed by atoms with van der Waals surface area (Å²) in [6.07, 6.45) is 11.5. The maximum atomic E-state index is 12.6. The van der Waals surface area contributed by atoms with Crippen molar-refractivity contribution in [2.75, 3.05) is 13.1 Å². The third-order valence-electron chi connectivity index (χ3n) is 6.33. The normalized spacial score (nSPS) is 21.0. The van der Waals surface area contributed by atoms with Crippen molar-refractivity contribution in [2.45, 2.75) is 50.7 Å². The number of nitrogens with zero attached hydrogens (tertiary/aromatic N) is 2. The zero-order valence-corrected chi connectivity index (χ0v) is 17.8. The molecule has 3 aliphatic rings. The largest absolute Gasteiger partial charge is 0.490 e. The van der Waals surface area contributed by atoms with E-state index in [4.69, 9.17) is 9.47 Å². The second kappa shape index (κ2) is 8.58. The molecule has 5 nitrogen and oxygen atoms in total. The molecule has 0 spiro atoms. The molecule has 1 aromatic carbocycles. The van der Waals surface area contributed by atoms with Gasteiger partial charge in [-0.1, -0.05) is 30.9 Å². The van der Waals surface area contributed by atoms with Crippen LogP contribution >= 0.6 is 0 Å². The van der Waals surface area contributed by atoms with Crippen LogP contribution in [0.2, 0.25) is 0 Å². The number of allylic oxidation sites excluding steroid dienone is 1. The number of carbonyl (C=O) groups excluding carboxylic acids is 1. The summed E-state index contributed by atoms with van der Waals surface area (Å²) in [5.74, 6) is 1.69. The van der Waals surface area contributed by atoms with E-state index in [2.05, 4.69) is 41.9 Å². The molecule has 5 rings (SSSR count). The number of benzene rings is 1. The highest BCUT2D eigenvalue weighted by Crippen LogP contribution is 2.26. The number of hydrogen-bond donors (Lipinski definition) is 0. The fourth-order valence-corrected chi connectivity index (χ4v) is 4.54. The molecule has 0 bridgehead atoms. The van der Waals surface area contributed by atoms with E-state index in [-0.39, 0.29) is 18.1 Å². The molecular weight excluding hydrogens is 388 g/mol. The van der Waals surface area contributed by atoms with Crippen molar-refractivity contribution in [1.29, 1.82) is 0 Å². The van der Waals surface area contributed by atoms with Gasteiger partial charge in [0.1, 0.15) is 11.9 Å². The smallest absolute Gasteiger partial charge is 0.263 e. The van der Waals surface area contributed by atoms with E-state index >= 15 is 0 Å². The zero-order chi connectivity index (χ0) is 21.2. The van der Waals surface area contributed by atoms with E-state index in [1.54, 1.807) is 0 Å². The Hall–Kier alpha value is -3.08. The van der Waals surface area contributed by atoms with Gasteiger partial charge < -0.3 is 14.4 Å². The van der Waals surface area contributed by atoms with Crippen LogP contribution in [-0.4, -0.2) is 41.1 Å². The van der Waals surface area contributed by atoms with Crippen LogP contribution < -0.4 is 15.3 Å². The first kappa shape index (κ1) is 19.9. The van der Waals surface area contributed by atoms with E-state index in [0.717, 1.165) is 66.5 Å². The number of ether oxygens (including phenoxy) is 2. The molecule has 2 fully saturated rings. The average molecular weight is 417 g/mol. The molecule has 1 aliphatic carbocycles. The summed E-state index contributed by atoms with van der Waals surface area (Å²) in [5, 5.41) is 2.31. The average Bonchev–Trinajstić information content (AvgIpc) is 3.25. The Morgan fingerprint density at radius 3 is 2.58 bits per heavy atom. The second-order valence-corrected chi connectivity index (χ2v) is 8.53. The quantitative estimate of drug-likeness (QED) is 0.768. The molecule has 2 aliphatic heterocycles. The molecule has 31 heavy (non-hydrogen) atoms. The van der Waals surface area contributed by atoms with Crippen molar-refractivity contribution in [3.63, 3.8) is 0 Å². The highest BCUT2D eigenvalue weighted by molar-refractivity contribution is 5.81. The molecule has 0 radical (unpaired) electrons. The summed E-state index contributed by atoms with van der Waals surface area (Å²) in [7, 11) is 0. The zero-order valence-electron chi connectivity index (χ0n) is 17.8. The minimum atomic E-state index is -0.342. The van der Waals surface area contributed by atoms with Gasteiger partial charge in [0.2, 0.25) is 0 Å². The molecule has 0 N–H and O–H groups in total. The Kier molecular flexibility index (Phi) is 5.49. The monoisotopic (exact) mass is 416 g/mol. The van der Waals surface area contributed by atoms with Gasteiger partial charge in [-0.3, -0.25) is 9.78 Å². The minimum Gasteiger partial charge on any atom is -0.490 e. The molecule has 0 saturated carbocycles.